The predicted octanol–water partition coefficient (Wildman–Crippen LogP) is 2.34. The van der Waals surface area contributed by atoms with Gasteiger partial charge in [0.25, 0.3) is 0 Å². The van der Waals surface area contributed by atoms with Gasteiger partial charge >= 0.3 is 0 Å². The number of aryl methyl sites for hydroxylation is 1. The predicted molar refractivity (Wildman–Crippen MR) is 63.2 cm³/mol. The van der Waals surface area contributed by atoms with Crippen LogP contribution in [-0.4, -0.2) is 23.3 Å². The highest BCUT2D eigenvalue weighted by Gasteiger charge is 2.37. The molecular formula is C13H19NO. The molecule has 0 amide bonds. The van der Waals surface area contributed by atoms with Crippen LogP contribution in [0.15, 0.2) is 24.3 Å². The molecule has 0 saturated carbocycles. The van der Waals surface area contributed by atoms with Crippen molar-refractivity contribution in [3.05, 3.63) is 29.8 Å². The molecule has 1 saturated heterocycles. The van der Waals surface area contributed by atoms with Gasteiger partial charge in [0.05, 0.1) is 6.10 Å². The first kappa shape index (κ1) is 10.5. The molecule has 2 nitrogen and oxygen atoms in total. The highest BCUT2D eigenvalue weighted by Crippen LogP contribution is 2.33. The third-order valence-corrected chi connectivity index (χ3v) is 3.17. The smallest absolute Gasteiger partial charge is 0.0737 e. The fraction of sp³-hybridized carbons (Fsp3) is 0.538. The van der Waals surface area contributed by atoms with Gasteiger partial charge in [-0.05, 0) is 44.9 Å². The van der Waals surface area contributed by atoms with Crippen LogP contribution in [0.5, 0.6) is 0 Å². The lowest BCUT2D eigenvalue weighted by Gasteiger charge is -2.33. The Bertz CT molecular complexity index is 359. The fourth-order valence-electron chi connectivity index (χ4n) is 2.46. The van der Waals surface area contributed by atoms with E-state index in [0.717, 1.165) is 13.0 Å². The summed E-state index contributed by atoms with van der Waals surface area (Å²) < 4.78 is 0. The summed E-state index contributed by atoms with van der Waals surface area (Å²) in [6.07, 6.45) is 0.654. The molecule has 1 aromatic carbocycles. The van der Waals surface area contributed by atoms with E-state index in [4.69, 9.17) is 0 Å². The molecule has 1 aromatic rings. The molecule has 1 aliphatic rings. The van der Waals surface area contributed by atoms with E-state index in [1.807, 2.05) is 0 Å². The molecule has 82 valence electrons. The Morgan fingerprint density at radius 1 is 1.40 bits per heavy atom. The summed E-state index contributed by atoms with van der Waals surface area (Å²) in [6, 6.07) is 8.47. The van der Waals surface area contributed by atoms with E-state index < -0.39 is 0 Å². The van der Waals surface area contributed by atoms with Gasteiger partial charge in [0.1, 0.15) is 0 Å². The zero-order valence-corrected chi connectivity index (χ0v) is 9.70. The van der Waals surface area contributed by atoms with Crippen LogP contribution < -0.4 is 4.90 Å². The van der Waals surface area contributed by atoms with Crippen molar-refractivity contribution in [2.45, 2.75) is 38.8 Å². The zero-order chi connectivity index (χ0) is 11.1. The Labute approximate surface area is 91.5 Å². The van der Waals surface area contributed by atoms with Crippen molar-refractivity contribution >= 4 is 5.69 Å². The van der Waals surface area contributed by atoms with Crippen molar-refractivity contribution in [3.8, 4) is 0 Å². The summed E-state index contributed by atoms with van der Waals surface area (Å²) in [4.78, 5) is 2.30. The Hall–Kier alpha value is -1.02. The van der Waals surface area contributed by atoms with Crippen molar-refractivity contribution in [1.29, 1.82) is 0 Å². The first-order chi connectivity index (χ1) is 6.99. The van der Waals surface area contributed by atoms with E-state index in [1.165, 1.54) is 11.3 Å². The largest absolute Gasteiger partial charge is 0.391 e. The zero-order valence-electron chi connectivity index (χ0n) is 9.70. The standard InChI is InChI=1S/C13H19NO/c1-10-5-4-6-11(7-10)14-9-12(15)8-13(14,2)3/h4-7,12,15H,8-9H2,1-3H3. The molecule has 0 aromatic heterocycles. The van der Waals surface area contributed by atoms with Gasteiger partial charge in [-0.1, -0.05) is 12.1 Å². The topological polar surface area (TPSA) is 23.5 Å². The second kappa shape index (κ2) is 3.53. The Kier molecular flexibility index (Phi) is 2.47. The van der Waals surface area contributed by atoms with Crippen LogP contribution in [0.3, 0.4) is 0 Å². The van der Waals surface area contributed by atoms with Crippen molar-refractivity contribution in [1.82, 2.24) is 0 Å². The Morgan fingerprint density at radius 2 is 2.13 bits per heavy atom. The minimum atomic E-state index is -0.194. The first-order valence-electron chi connectivity index (χ1n) is 5.51. The molecule has 1 atom stereocenters. The molecule has 15 heavy (non-hydrogen) atoms. The van der Waals surface area contributed by atoms with Gasteiger partial charge < -0.3 is 10.0 Å². The lowest BCUT2D eigenvalue weighted by molar-refractivity contribution is 0.188. The van der Waals surface area contributed by atoms with Gasteiger partial charge in [-0.15, -0.1) is 0 Å². The number of nitrogens with zero attached hydrogens (tertiary/aromatic N) is 1. The monoisotopic (exact) mass is 205 g/mol. The highest BCUT2D eigenvalue weighted by atomic mass is 16.3. The van der Waals surface area contributed by atoms with Gasteiger partial charge in [-0.3, -0.25) is 0 Å². The average Bonchev–Trinajstić information content (AvgIpc) is 2.39. The first-order valence-corrected chi connectivity index (χ1v) is 5.51. The van der Waals surface area contributed by atoms with Crippen LogP contribution >= 0.6 is 0 Å². The summed E-state index contributed by atoms with van der Waals surface area (Å²) in [6.45, 7) is 7.22. The average molecular weight is 205 g/mol. The van der Waals surface area contributed by atoms with E-state index in [9.17, 15) is 5.11 Å². The Morgan fingerprint density at radius 3 is 2.67 bits per heavy atom. The fourth-order valence-corrected chi connectivity index (χ4v) is 2.46. The summed E-state index contributed by atoms with van der Waals surface area (Å²) >= 11 is 0. The van der Waals surface area contributed by atoms with Crippen LogP contribution in [0.2, 0.25) is 0 Å². The molecule has 1 unspecified atom stereocenters. The number of aliphatic hydroxyl groups is 1. The van der Waals surface area contributed by atoms with Crippen LogP contribution in [-0.2, 0) is 0 Å². The number of anilines is 1. The van der Waals surface area contributed by atoms with Gasteiger partial charge in [0.15, 0.2) is 0 Å². The van der Waals surface area contributed by atoms with Crippen molar-refractivity contribution < 1.29 is 5.11 Å². The maximum atomic E-state index is 9.72. The van der Waals surface area contributed by atoms with E-state index in [1.54, 1.807) is 0 Å². The second-order valence-corrected chi connectivity index (χ2v) is 5.12. The van der Waals surface area contributed by atoms with Crippen molar-refractivity contribution in [2.75, 3.05) is 11.4 Å². The van der Waals surface area contributed by atoms with E-state index in [2.05, 4.69) is 49.9 Å². The molecule has 2 rings (SSSR count). The highest BCUT2D eigenvalue weighted by molar-refractivity contribution is 5.52. The second-order valence-electron chi connectivity index (χ2n) is 5.12. The molecule has 1 N–H and O–H groups in total. The van der Waals surface area contributed by atoms with Gasteiger partial charge in [0.2, 0.25) is 0 Å². The third-order valence-electron chi connectivity index (χ3n) is 3.17. The molecule has 1 aliphatic heterocycles. The SMILES string of the molecule is Cc1cccc(N2CC(O)CC2(C)C)c1. The number of benzene rings is 1. The van der Waals surface area contributed by atoms with Crippen LogP contribution in [0.1, 0.15) is 25.8 Å². The normalized spacial score (nSPS) is 24.5. The van der Waals surface area contributed by atoms with Gasteiger partial charge in [0, 0.05) is 17.8 Å². The van der Waals surface area contributed by atoms with Gasteiger partial charge in [-0.2, -0.15) is 0 Å². The summed E-state index contributed by atoms with van der Waals surface area (Å²) in [7, 11) is 0. The summed E-state index contributed by atoms with van der Waals surface area (Å²) in [5.41, 5.74) is 2.55. The van der Waals surface area contributed by atoms with Crippen LogP contribution in [0.25, 0.3) is 0 Å². The number of aliphatic hydroxyl groups excluding tert-OH is 1. The number of hydrogen-bond donors (Lipinski definition) is 1. The van der Waals surface area contributed by atoms with E-state index >= 15 is 0 Å². The number of rotatable bonds is 1. The quantitative estimate of drug-likeness (QED) is 0.760. The molecule has 0 bridgehead atoms. The van der Waals surface area contributed by atoms with Gasteiger partial charge in [-0.25, -0.2) is 0 Å². The van der Waals surface area contributed by atoms with E-state index in [0.29, 0.717) is 0 Å². The van der Waals surface area contributed by atoms with Crippen molar-refractivity contribution in [2.24, 2.45) is 0 Å². The lowest BCUT2D eigenvalue weighted by Crippen LogP contribution is -2.38. The van der Waals surface area contributed by atoms with Crippen LogP contribution in [0.4, 0.5) is 5.69 Å². The minimum Gasteiger partial charge on any atom is -0.391 e. The molecular weight excluding hydrogens is 186 g/mol. The molecule has 2 heteroatoms. The summed E-state index contributed by atoms with van der Waals surface area (Å²) in [5, 5.41) is 9.72. The molecule has 0 aliphatic carbocycles. The van der Waals surface area contributed by atoms with E-state index in [-0.39, 0.29) is 11.6 Å². The minimum absolute atomic E-state index is 0.0627. The summed E-state index contributed by atoms with van der Waals surface area (Å²) in [5.74, 6) is 0. The lowest BCUT2D eigenvalue weighted by atomic mass is 10.0. The maximum absolute atomic E-state index is 9.72. The molecule has 1 heterocycles. The number of hydrogen-bond acceptors (Lipinski definition) is 2. The maximum Gasteiger partial charge on any atom is 0.0737 e. The molecule has 0 spiro atoms. The Balaban J connectivity index is 2.31. The number of β-amino-alcohol motifs (C(OH)–C–C–N with tert-alkyl or cyclic N) is 1. The molecule has 0 radical (unpaired) electrons. The van der Waals surface area contributed by atoms with Crippen LogP contribution in [0, 0.1) is 6.92 Å². The molecule has 1 fully saturated rings. The third kappa shape index (κ3) is 2.00. The van der Waals surface area contributed by atoms with Crippen molar-refractivity contribution in [3.63, 3.8) is 0 Å².